The van der Waals surface area contributed by atoms with Crippen molar-refractivity contribution in [2.24, 2.45) is 0 Å². The topological polar surface area (TPSA) is 74.6 Å². The molecule has 1 amide bonds. The summed E-state index contributed by atoms with van der Waals surface area (Å²) in [6.45, 7) is 2.03. The van der Waals surface area contributed by atoms with Crippen LogP contribution >= 0.6 is 11.8 Å². The van der Waals surface area contributed by atoms with Crippen molar-refractivity contribution < 1.29 is 19.0 Å². The number of amides is 1. The molecular weight excluding hydrogens is 402 g/mol. The van der Waals surface area contributed by atoms with Crippen LogP contribution in [-0.2, 0) is 11.5 Å². The first-order chi connectivity index (χ1) is 14.6. The highest BCUT2D eigenvalue weighted by atomic mass is 32.2. The van der Waals surface area contributed by atoms with Crippen LogP contribution in [0.15, 0.2) is 36.4 Å². The predicted octanol–water partition coefficient (Wildman–Crippen LogP) is 4.21. The van der Waals surface area contributed by atoms with E-state index < -0.39 is 0 Å². The van der Waals surface area contributed by atoms with E-state index >= 15 is 0 Å². The summed E-state index contributed by atoms with van der Waals surface area (Å²) in [5.74, 6) is 3.36. The zero-order chi connectivity index (χ0) is 21.3. The van der Waals surface area contributed by atoms with E-state index in [2.05, 4.69) is 5.32 Å². The number of thioether (sulfide) groups is 1. The number of methoxy groups -OCH3 is 3. The molecule has 2 heterocycles. The molecule has 0 atom stereocenters. The van der Waals surface area contributed by atoms with Gasteiger partial charge < -0.3 is 19.5 Å². The molecule has 7 nitrogen and oxygen atoms in total. The maximum atomic E-state index is 13.2. The minimum atomic E-state index is -0.274. The van der Waals surface area contributed by atoms with Gasteiger partial charge in [-0.3, -0.25) is 4.79 Å². The van der Waals surface area contributed by atoms with Gasteiger partial charge in [0, 0.05) is 22.6 Å². The summed E-state index contributed by atoms with van der Waals surface area (Å²) in [7, 11) is 4.58. The Morgan fingerprint density at radius 2 is 1.77 bits per heavy atom. The van der Waals surface area contributed by atoms with Crippen LogP contribution in [0.4, 0.5) is 5.82 Å². The first-order valence-corrected chi connectivity index (χ1v) is 10.6. The highest BCUT2D eigenvalue weighted by molar-refractivity contribution is 7.98. The Balaban J connectivity index is 1.75. The molecule has 0 spiro atoms. The number of fused-ring (bicyclic) bond motifs is 1. The Kier molecular flexibility index (Phi) is 5.59. The number of nitrogens with one attached hydrogen (secondary N) is 1. The number of carbonyl (C=O) groups is 1. The molecule has 1 N–H and O–H groups in total. The molecule has 4 rings (SSSR count). The average Bonchev–Trinajstić information content (AvgIpc) is 3.35. The van der Waals surface area contributed by atoms with Gasteiger partial charge in [0.15, 0.2) is 11.5 Å². The number of anilines is 1. The van der Waals surface area contributed by atoms with E-state index in [1.807, 2.05) is 35.9 Å². The molecule has 0 fully saturated rings. The fourth-order valence-corrected chi connectivity index (χ4v) is 4.54. The van der Waals surface area contributed by atoms with Gasteiger partial charge in [0.1, 0.15) is 5.82 Å². The number of aryl methyl sites for hydroxylation is 1. The number of hydrogen-bond acceptors (Lipinski definition) is 6. The van der Waals surface area contributed by atoms with Crippen molar-refractivity contribution in [1.82, 2.24) is 9.78 Å². The standard InChI is InChI=1S/C22H23N3O4S/c1-13-7-5-6-8-17(13)25-21(15-11-30-12-16(15)24-25)23-22(26)14-9-18(27-2)20(29-4)19(10-14)28-3/h5-10H,11-12H2,1-4H3,(H,23,26). The van der Waals surface area contributed by atoms with Crippen molar-refractivity contribution in [3.63, 3.8) is 0 Å². The molecule has 1 aliphatic rings. The zero-order valence-corrected chi connectivity index (χ0v) is 18.1. The molecular formula is C22H23N3O4S. The van der Waals surface area contributed by atoms with Gasteiger partial charge in [-0.1, -0.05) is 18.2 Å². The average molecular weight is 426 g/mol. The lowest BCUT2D eigenvalue weighted by Crippen LogP contribution is -2.17. The number of aromatic nitrogens is 2. The Hall–Kier alpha value is -3.13. The molecule has 1 aliphatic heterocycles. The summed E-state index contributed by atoms with van der Waals surface area (Å²) in [4.78, 5) is 13.2. The zero-order valence-electron chi connectivity index (χ0n) is 17.3. The first kappa shape index (κ1) is 20.2. The van der Waals surface area contributed by atoms with Crippen LogP contribution < -0.4 is 19.5 Å². The molecule has 0 bridgehead atoms. The van der Waals surface area contributed by atoms with Gasteiger partial charge in [0.25, 0.3) is 5.91 Å². The number of nitrogens with zero attached hydrogens (tertiary/aromatic N) is 2. The Bertz CT molecular complexity index is 1080. The lowest BCUT2D eigenvalue weighted by Gasteiger charge is -2.15. The Morgan fingerprint density at radius 1 is 1.07 bits per heavy atom. The summed E-state index contributed by atoms with van der Waals surface area (Å²) in [5, 5.41) is 7.84. The Labute approximate surface area is 179 Å². The van der Waals surface area contributed by atoms with Crippen molar-refractivity contribution in [3.05, 3.63) is 58.8 Å². The fraction of sp³-hybridized carbons (Fsp3) is 0.273. The lowest BCUT2D eigenvalue weighted by atomic mass is 10.1. The van der Waals surface area contributed by atoms with Gasteiger partial charge in [0.05, 0.1) is 32.7 Å². The number of ether oxygens (including phenoxy) is 3. The molecule has 0 saturated carbocycles. The van der Waals surface area contributed by atoms with Crippen LogP contribution in [0.5, 0.6) is 17.2 Å². The maximum Gasteiger partial charge on any atom is 0.257 e. The number of benzene rings is 2. The molecule has 2 aromatic carbocycles. The van der Waals surface area contributed by atoms with Gasteiger partial charge in [-0.2, -0.15) is 16.9 Å². The minimum absolute atomic E-state index is 0.274. The number of carbonyl (C=O) groups excluding carboxylic acids is 1. The fourth-order valence-electron chi connectivity index (χ4n) is 3.51. The van der Waals surface area contributed by atoms with E-state index in [-0.39, 0.29) is 5.91 Å². The van der Waals surface area contributed by atoms with Crippen molar-refractivity contribution >= 4 is 23.5 Å². The molecule has 8 heteroatoms. The molecule has 0 aliphatic carbocycles. The smallest absolute Gasteiger partial charge is 0.257 e. The summed E-state index contributed by atoms with van der Waals surface area (Å²) >= 11 is 1.79. The molecule has 0 saturated heterocycles. The summed E-state index contributed by atoms with van der Waals surface area (Å²) < 4.78 is 17.9. The first-order valence-electron chi connectivity index (χ1n) is 9.43. The third-order valence-corrected chi connectivity index (χ3v) is 6.02. The van der Waals surface area contributed by atoms with Crippen LogP contribution in [0.3, 0.4) is 0 Å². The molecule has 3 aromatic rings. The van der Waals surface area contributed by atoms with E-state index in [1.165, 1.54) is 21.3 Å². The Morgan fingerprint density at radius 3 is 2.40 bits per heavy atom. The molecule has 0 radical (unpaired) electrons. The molecule has 1 aromatic heterocycles. The SMILES string of the molecule is COc1cc(C(=O)Nc2c3c(nn2-c2ccccc2C)CSC3)cc(OC)c1OC. The lowest BCUT2D eigenvalue weighted by molar-refractivity contribution is 0.102. The van der Waals surface area contributed by atoms with Crippen molar-refractivity contribution in [3.8, 4) is 22.9 Å². The van der Waals surface area contributed by atoms with Crippen LogP contribution in [0.2, 0.25) is 0 Å². The molecule has 30 heavy (non-hydrogen) atoms. The number of rotatable bonds is 6. The van der Waals surface area contributed by atoms with Gasteiger partial charge in [-0.15, -0.1) is 0 Å². The quantitative estimate of drug-likeness (QED) is 0.638. The van der Waals surface area contributed by atoms with Crippen LogP contribution in [0.1, 0.15) is 27.2 Å². The third-order valence-electron chi connectivity index (χ3n) is 5.05. The second-order valence-corrected chi connectivity index (χ2v) is 7.82. The van der Waals surface area contributed by atoms with E-state index in [9.17, 15) is 4.79 Å². The third kappa shape index (κ3) is 3.47. The number of para-hydroxylation sites is 1. The number of hydrogen-bond donors (Lipinski definition) is 1. The van der Waals surface area contributed by atoms with Gasteiger partial charge in [0.2, 0.25) is 5.75 Å². The van der Waals surface area contributed by atoms with E-state index in [0.29, 0.717) is 28.6 Å². The second kappa shape index (κ2) is 8.31. The van der Waals surface area contributed by atoms with Crippen LogP contribution in [-0.4, -0.2) is 37.0 Å². The molecule has 156 valence electrons. The van der Waals surface area contributed by atoms with E-state index in [1.54, 1.807) is 23.9 Å². The van der Waals surface area contributed by atoms with E-state index in [0.717, 1.165) is 34.0 Å². The summed E-state index contributed by atoms with van der Waals surface area (Å²) in [6.07, 6.45) is 0. The van der Waals surface area contributed by atoms with Crippen molar-refractivity contribution in [2.75, 3.05) is 26.6 Å². The normalized spacial score (nSPS) is 12.4. The van der Waals surface area contributed by atoms with Gasteiger partial charge >= 0.3 is 0 Å². The van der Waals surface area contributed by atoms with E-state index in [4.69, 9.17) is 19.3 Å². The molecule has 0 unspecified atom stereocenters. The highest BCUT2D eigenvalue weighted by Crippen LogP contribution is 2.39. The summed E-state index contributed by atoms with van der Waals surface area (Å²) in [6, 6.07) is 11.3. The van der Waals surface area contributed by atoms with Gasteiger partial charge in [-0.25, -0.2) is 4.68 Å². The predicted molar refractivity (Wildman–Crippen MR) is 117 cm³/mol. The summed E-state index contributed by atoms with van der Waals surface area (Å²) in [5.41, 5.74) is 4.49. The van der Waals surface area contributed by atoms with Gasteiger partial charge in [-0.05, 0) is 30.7 Å². The highest BCUT2D eigenvalue weighted by Gasteiger charge is 2.26. The van der Waals surface area contributed by atoms with Crippen molar-refractivity contribution in [2.45, 2.75) is 18.4 Å². The van der Waals surface area contributed by atoms with Crippen molar-refractivity contribution in [1.29, 1.82) is 0 Å². The largest absolute Gasteiger partial charge is 0.493 e. The van der Waals surface area contributed by atoms with Crippen LogP contribution in [0.25, 0.3) is 5.69 Å². The second-order valence-electron chi connectivity index (χ2n) is 6.83. The van der Waals surface area contributed by atoms with Crippen LogP contribution in [0, 0.1) is 6.92 Å². The minimum Gasteiger partial charge on any atom is -0.493 e. The maximum absolute atomic E-state index is 13.2. The monoisotopic (exact) mass is 425 g/mol.